The predicted octanol–water partition coefficient (Wildman–Crippen LogP) is 3.64. The summed E-state index contributed by atoms with van der Waals surface area (Å²) in [6, 6.07) is 20.9. The van der Waals surface area contributed by atoms with Gasteiger partial charge in [-0.3, -0.25) is 9.69 Å². The lowest BCUT2D eigenvalue weighted by atomic mass is 10.0. The number of anilines is 2. The fourth-order valence-electron chi connectivity index (χ4n) is 3.11. The van der Waals surface area contributed by atoms with E-state index in [9.17, 15) is 4.79 Å². The summed E-state index contributed by atoms with van der Waals surface area (Å²) >= 11 is 0. The molecule has 0 aliphatic carbocycles. The molecule has 0 fully saturated rings. The number of carbonyl (C=O) groups is 1. The number of pyridine rings is 1. The first-order chi connectivity index (χ1) is 12.6. The van der Waals surface area contributed by atoms with E-state index >= 15 is 0 Å². The lowest BCUT2D eigenvalue weighted by molar-refractivity contribution is -0.126. The van der Waals surface area contributed by atoms with Gasteiger partial charge in [-0.2, -0.15) is 0 Å². The van der Waals surface area contributed by atoms with E-state index in [4.69, 9.17) is 10.5 Å². The van der Waals surface area contributed by atoms with Gasteiger partial charge in [-0.05, 0) is 30.2 Å². The fourth-order valence-corrected chi connectivity index (χ4v) is 3.11. The minimum Gasteiger partial charge on any atom is -0.472 e. The number of ether oxygens (including phenoxy) is 1. The van der Waals surface area contributed by atoms with Crippen molar-refractivity contribution in [2.24, 2.45) is 0 Å². The summed E-state index contributed by atoms with van der Waals surface area (Å²) in [7, 11) is 0. The average molecular weight is 345 g/mol. The van der Waals surface area contributed by atoms with Crippen molar-refractivity contribution in [1.82, 2.24) is 4.98 Å². The summed E-state index contributed by atoms with van der Waals surface area (Å²) in [5.41, 5.74) is 8.85. The number of nitrogens with two attached hydrogens (primary N) is 1. The monoisotopic (exact) mass is 345 g/mol. The third-order valence-electron chi connectivity index (χ3n) is 4.54. The second kappa shape index (κ2) is 6.52. The first-order valence-corrected chi connectivity index (χ1v) is 8.47. The first kappa shape index (κ1) is 16.1. The van der Waals surface area contributed by atoms with E-state index in [1.54, 1.807) is 17.0 Å². The van der Waals surface area contributed by atoms with E-state index in [-0.39, 0.29) is 5.91 Å². The molecule has 4 rings (SSSR count). The van der Waals surface area contributed by atoms with Gasteiger partial charge >= 0.3 is 0 Å². The molecule has 3 aromatic rings. The quantitative estimate of drug-likeness (QED) is 0.787. The molecule has 0 saturated carbocycles. The van der Waals surface area contributed by atoms with Gasteiger partial charge in [0, 0.05) is 5.56 Å². The summed E-state index contributed by atoms with van der Waals surface area (Å²) < 4.78 is 5.97. The highest BCUT2D eigenvalue weighted by atomic mass is 16.5. The third kappa shape index (κ3) is 2.88. The molecular formula is C21H19N3O2. The Hall–Kier alpha value is -3.34. The van der Waals surface area contributed by atoms with Crippen LogP contribution in [0.4, 0.5) is 11.6 Å². The van der Waals surface area contributed by atoms with Crippen LogP contribution in [-0.2, 0) is 11.3 Å². The lowest BCUT2D eigenvalue weighted by Crippen LogP contribution is -2.41. The molecule has 2 aromatic carbocycles. The molecule has 5 heteroatoms. The number of rotatable bonds is 3. The van der Waals surface area contributed by atoms with Crippen LogP contribution < -0.4 is 15.4 Å². The molecule has 1 aliphatic rings. The SMILES string of the molecule is Cc1ccccc1CN1C(=O)C(c2ccccc2)Oc2ccc(N)nc21. The molecule has 1 aliphatic heterocycles. The topological polar surface area (TPSA) is 68.5 Å². The van der Waals surface area contributed by atoms with Crippen LogP contribution in [-0.4, -0.2) is 10.9 Å². The van der Waals surface area contributed by atoms with Gasteiger partial charge in [-0.1, -0.05) is 54.6 Å². The second-order valence-electron chi connectivity index (χ2n) is 6.32. The molecule has 130 valence electrons. The second-order valence-corrected chi connectivity index (χ2v) is 6.32. The zero-order valence-corrected chi connectivity index (χ0v) is 14.4. The summed E-state index contributed by atoms with van der Waals surface area (Å²) in [5, 5.41) is 0. The van der Waals surface area contributed by atoms with E-state index < -0.39 is 6.10 Å². The van der Waals surface area contributed by atoms with Crippen LogP contribution in [0.2, 0.25) is 0 Å². The zero-order chi connectivity index (χ0) is 18.1. The lowest BCUT2D eigenvalue weighted by Gasteiger charge is -2.34. The minimum absolute atomic E-state index is 0.148. The van der Waals surface area contributed by atoms with Crippen molar-refractivity contribution in [1.29, 1.82) is 0 Å². The summed E-state index contributed by atoms with van der Waals surface area (Å²) in [4.78, 5) is 19.3. The molecule has 1 unspecified atom stereocenters. The number of fused-ring (bicyclic) bond motifs is 1. The highest BCUT2D eigenvalue weighted by molar-refractivity contribution is 5.99. The Morgan fingerprint density at radius 2 is 1.77 bits per heavy atom. The smallest absolute Gasteiger partial charge is 0.274 e. The Kier molecular flexibility index (Phi) is 4.05. The van der Waals surface area contributed by atoms with Crippen LogP contribution in [0, 0.1) is 6.92 Å². The maximum absolute atomic E-state index is 13.2. The number of aryl methyl sites for hydroxylation is 1. The molecule has 2 N–H and O–H groups in total. The molecule has 0 spiro atoms. The van der Waals surface area contributed by atoms with Gasteiger partial charge in [0.1, 0.15) is 5.82 Å². The molecule has 0 radical (unpaired) electrons. The zero-order valence-electron chi connectivity index (χ0n) is 14.4. The molecular weight excluding hydrogens is 326 g/mol. The number of amides is 1. The normalized spacial score (nSPS) is 16.1. The summed E-state index contributed by atoms with van der Waals surface area (Å²) in [5.74, 6) is 1.23. The van der Waals surface area contributed by atoms with E-state index in [1.807, 2.05) is 61.5 Å². The van der Waals surface area contributed by atoms with Crippen molar-refractivity contribution in [2.45, 2.75) is 19.6 Å². The van der Waals surface area contributed by atoms with E-state index in [0.717, 1.165) is 16.7 Å². The molecule has 5 nitrogen and oxygen atoms in total. The average Bonchev–Trinajstić information content (AvgIpc) is 2.66. The van der Waals surface area contributed by atoms with Crippen LogP contribution >= 0.6 is 0 Å². The Morgan fingerprint density at radius 3 is 2.54 bits per heavy atom. The van der Waals surface area contributed by atoms with Gasteiger partial charge in [0.15, 0.2) is 11.6 Å². The highest BCUT2D eigenvalue weighted by Gasteiger charge is 2.36. The van der Waals surface area contributed by atoms with Gasteiger partial charge in [0.2, 0.25) is 6.10 Å². The van der Waals surface area contributed by atoms with Gasteiger partial charge in [0.05, 0.1) is 6.54 Å². The number of aromatic nitrogens is 1. The standard InChI is InChI=1S/C21H19N3O2/c1-14-7-5-6-10-16(14)13-24-20-17(11-12-18(22)23-20)26-19(21(24)25)15-8-3-2-4-9-15/h2-12,19H,13H2,1H3,(H2,22,23). The Morgan fingerprint density at radius 1 is 1.04 bits per heavy atom. The van der Waals surface area contributed by atoms with E-state index in [1.165, 1.54) is 0 Å². The Labute approximate surface area is 152 Å². The number of nitrogens with zero attached hydrogens (tertiary/aromatic N) is 2. The fraction of sp³-hybridized carbons (Fsp3) is 0.143. The minimum atomic E-state index is -0.696. The van der Waals surface area contributed by atoms with Crippen LogP contribution in [0.15, 0.2) is 66.7 Å². The van der Waals surface area contributed by atoms with Crippen molar-refractivity contribution in [3.8, 4) is 5.75 Å². The molecule has 26 heavy (non-hydrogen) atoms. The Bertz CT molecular complexity index is 956. The van der Waals surface area contributed by atoms with E-state index in [0.29, 0.717) is 23.9 Å². The molecule has 1 aromatic heterocycles. The first-order valence-electron chi connectivity index (χ1n) is 8.47. The van der Waals surface area contributed by atoms with Gasteiger partial charge in [-0.15, -0.1) is 0 Å². The number of nitrogen functional groups attached to an aromatic ring is 1. The van der Waals surface area contributed by atoms with Crippen LogP contribution in [0.3, 0.4) is 0 Å². The van der Waals surface area contributed by atoms with Crippen molar-refractivity contribution in [2.75, 3.05) is 10.6 Å². The maximum Gasteiger partial charge on any atom is 0.274 e. The van der Waals surface area contributed by atoms with Crippen LogP contribution in [0.5, 0.6) is 5.75 Å². The van der Waals surface area contributed by atoms with Crippen molar-refractivity contribution < 1.29 is 9.53 Å². The van der Waals surface area contributed by atoms with E-state index in [2.05, 4.69) is 4.98 Å². The number of carbonyl (C=O) groups excluding carboxylic acids is 1. The molecule has 0 bridgehead atoms. The van der Waals surface area contributed by atoms with Gasteiger partial charge in [-0.25, -0.2) is 4.98 Å². The largest absolute Gasteiger partial charge is 0.472 e. The molecule has 2 heterocycles. The number of hydrogen-bond acceptors (Lipinski definition) is 4. The number of benzene rings is 2. The highest BCUT2D eigenvalue weighted by Crippen LogP contribution is 2.39. The summed E-state index contributed by atoms with van der Waals surface area (Å²) in [6.45, 7) is 2.45. The van der Waals surface area contributed by atoms with Crippen molar-refractivity contribution in [3.63, 3.8) is 0 Å². The molecule has 1 atom stereocenters. The number of hydrogen-bond donors (Lipinski definition) is 1. The van der Waals surface area contributed by atoms with Crippen LogP contribution in [0.25, 0.3) is 0 Å². The maximum atomic E-state index is 13.2. The van der Waals surface area contributed by atoms with Gasteiger partial charge < -0.3 is 10.5 Å². The van der Waals surface area contributed by atoms with Crippen molar-refractivity contribution >= 4 is 17.5 Å². The van der Waals surface area contributed by atoms with Gasteiger partial charge in [0.25, 0.3) is 5.91 Å². The van der Waals surface area contributed by atoms with Crippen molar-refractivity contribution in [3.05, 3.63) is 83.4 Å². The third-order valence-corrected chi connectivity index (χ3v) is 4.54. The summed E-state index contributed by atoms with van der Waals surface area (Å²) in [6.07, 6.45) is -0.696. The molecule has 0 saturated heterocycles. The molecule has 1 amide bonds. The van der Waals surface area contributed by atoms with Crippen LogP contribution in [0.1, 0.15) is 22.8 Å². The predicted molar refractivity (Wildman–Crippen MR) is 101 cm³/mol. The Balaban J connectivity index is 1.78.